The number of nitrogens with one attached hydrogen (secondary N) is 1. The summed E-state index contributed by atoms with van der Waals surface area (Å²) in [5.41, 5.74) is 6.41. The molecule has 0 aliphatic heterocycles. The van der Waals surface area contributed by atoms with Crippen molar-refractivity contribution in [3.63, 3.8) is 0 Å². The number of fused-ring (bicyclic) bond motifs is 1. The molecule has 0 bridgehead atoms. The highest BCUT2D eigenvalue weighted by Gasteiger charge is 2.23. The standard InChI is InChI=1S/C23H24N2O2/c1-13-8-15(3)23(27)19(9-13)21-10-14(2)18-11-16(4-7-20(18)25-21)12-22(26)24-17-5-6-17/h4,7-11,17,27H,5-6,12H2,1-3H3,(H,24,26). The molecule has 1 saturated carbocycles. The zero-order valence-corrected chi connectivity index (χ0v) is 16.0. The van der Waals surface area contributed by atoms with Crippen LogP contribution in [0.2, 0.25) is 0 Å². The number of nitrogens with zero attached hydrogens (tertiary/aromatic N) is 1. The Hall–Kier alpha value is -2.88. The number of aryl methyl sites for hydroxylation is 3. The van der Waals surface area contributed by atoms with E-state index in [1.807, 2.05) is 51.1 Å². The molecular weight excluding hydrogens is 336 g/mol. The van der Waals surface area contributed by atoms with E-state index in [0.29, 0.717) is 12.5 Å². The molecule has 1 aliphatic rings. The second-order valence-electron chi connectivity index (χ2n) is 7.67. The molecule has 1 aliphatic carbocycles. The van der Waals surface area contributed by atoms with E-state index in [1.54, 1.807) is 0 Å². The quantitative estimate of drug-likeness (QED) is 0.727. The fourth-order valence-corrected chi connectivity index (χ4v) is 3.54. The van der Waals surface area contributed by atoms with Crippen molar-refractivity contribution in [3.8, 4) is 17.0 Å². The summed E-state index contributed by atoms with van der Waals surface area (Å²) in [6.45, 7) is 5.96. The van der Waals surface area contributed by atoms with Gasteiger partial charge in [0.15, 0.2) is 0 Å². The van der Waals surface area contributed by atoms with Crippen LogP contribution in [0.15, 0.2) is 36.4 Å². The lowest BCUT2D eigenvalue weighted by Crippen LogP contribution is -2.26. The Morgan fingerprint density at radius 3 is 2.63 bits per heavy atom. The number of carbonyl (C=O) groups is 1. The number of aromatic hydroxyl groups is 1. The van der Waals surface area contributed by atoms with E-state index in [-0.39, 0.29) is 11.7 Å². The number of carbonyl (C=O) groups excluding carboxylic acids is 1. The monoisotopic (exact) mass is 360 g/mol. The summed E-state index contributed by atoms with van der Waals surface area (Å²) in [5.74, 6) is 0.361. The smallest absolute Gasteiger partial charge is 0.224 e. The molecule has 27 heavy (non-hydrogen) atoms. The van der Waals surface area contributed by atoms with Crippen molar-refractivity contribution in [2.75, 3.05) is 0 Å². The van der Waals surface area contributed by atoms with Crippen LogP contribution in [0, 0.1) is 20.8 Å². The zero-order valence-electron chi connectivity index (χ0n) is 16.0. The second-order valence-corrected chi connectivity index (χ2v) is 7.67. The lowest BCUT2D eigenvalue weighted by Gasteiger charge is -2.12. The van der Waals surface area contributed by atoms with Crippen LogP contribution in [0.25, 0.3) is 22.2 Å². The topological polar surface area (TPSA) is 62.2 Å². The van der Waals surface area contributed by atoms with Gasteiger partial charge in [0.25, 0.3) is 0 Å². The van der Waals surface area contributed by atoms with Crippen molar-refractivity contribution < 1.29 is 9.90 Å². The molecule has 0 unspecified atom stereocenters. The van der Waals surface area contributed by atoms with Crippen LogP contribution in [-0.2, 0) is 11.2 Å². The predicted octanol–water partition coefficient (Wildman–Crippen LogP) is 4.35. The van der Waals surface area contributed by atoms with Crippen molar-refractivity contribution in [1.29, 1.82) is 0 Å². The maximum Gasteiger partial charge on any atom is 0.224 e. The van der Waals surface area contributed by atoms with Gasteiger partial charge in [-0.25, -0.2) is 4.98 Å². The molecule has 1 aromatic heterocycles. The Morgan fingerprint density at radius 1 is 1.11 bits per heavy atom. The van der Waals surface area contributed by atoms with Gasteiger partial charge in [0, 0.05) is 17.0 Å². The number of amides is 1. The number of benzene rings is 2. The maximum atomic E-state index is 12.1. The third-order valence-electron chi connectivity index (χ3n) is 5.11. The molecule has 4 heteroatoms. The predicted molar refractivity (Wildman–Crippen MR) is 108 cm³/mol. The molecule has 1 heterocycles. The summed E-state index contributed by atoms with van der Waals surface area (Å²) >= 11 is 0. The molecule has 138 valence electrons. The summed E-state index contributed by atoms with van der Waals surface area (Å²) in [6, 6.07) is 12.3. The van der Waals surface area contributed by atoms with E-state index in [2.05, 4.69) is 11.4 Å². The molecule has 0 radical (unpaired) electrons. The van der Waals surface area contributed by atoms with E-state index in [4.69, 9.17) is 4.98 Å². The van der Waals surface area contributed by atoms with Gasteiger partial charge in [-0.2, -0.15) is 0 Å². The van der Waals surface area contributed by atoms with E-state index < -0.39 is 0 Å². The van der Waals surface area contributed by atoms with Gasteiger partial charge in [0.05, 0.1) is 17.6 Å². The lowest BCUT2D eigenvalue weighted by atomic mass is 9.99. The Morgan fingerprint density at radius 2 is 1.89 bits per heavy atom. The molecule has 1 fully saturated rings. The molecule has 4 rings (SSSR count). The number of phenols is 1. The van der Waals surface area contributed by atoms with Crippen molar-refractivity contribution in [2.45, 2.75) is 46.1 Å². The van der Waals surface area contributed by atoms with Crippen LogP contribution in [-0.4, -0.2) is 22.0 Å². The van der Waals surface area contributed by atoms with Crippen molar-refractivity contribution >= 4 is 16.8 Å². The molecule has 0 atom stereocenters. The number of phenolic OH excluding ortho intramolecular Hbond substituents is 1. The number of pyridine rings is 1. The minimum Gasteiger partial charge on any atom is -0.507 e. The summed E-state index contributed by atoms with van der Waals surface area (Å²) in [4.78, 5) is 16.8. The fourth-order valence-electron chi connectivity index (χ4n) is 3.54. The van der Waals surface area contributed by atoms with E-state index >= 15 is 0 Å². The molecule has 3 aromatic rings. The van der Waals surface area contributed by atoms with E-state index in [1.165, 1.54) is 0 Å². The molecule has 1 amide bonds. The van der Waals surface area contributed by atoms with Gasteiger partial charge >= 0.3 is 0 Å². The normalized spacial score (nSPS) is 13.7. The van der Waals surface area contributed by atoms with Crippen molar-refractivity contribution in [1.82, 2.24) is 10.3 Å². The molecular formula is C23H24N2O2. The average molecular weight is 360 g/mol. The average Bonchev–Trinajstić information content (AvgIpc) is 3.42. The molecule has 4 nitrogen and oxygen atoms in total. The van der Waals surface area contributed by atoms with Gasteiger partial charge in [0.2, 0.25) is 5.91 Å². The van der Waals surface area contributed by atoms with Gasteiger partial charge in [-0.1, -0.05) is 12.1 Å². The highest BCUT2D eigenvalue weighted by atomic mass is 16.3. The summed E-state index contributed by atoms with van der Waals surface area (Å²) < 4.78 is 0. The number of hydrogen-bond donors (Lipinski definition) is 2. The Balaban J connectivity index is 1.70. The van der Waals surface area contributed by atoms with Crippen LogP contribution in [0.4, 0.5) is 0 Å². The van der Waals surface area contributed by atoms with Gasteiger partial charge < -0.3 is 10.4 Å². The summed E-state index contributed by atoms with van der Waals surface area (Å²) in [6.07, 6.45) is 2.59. The summed E-state index contributed by atoms with van der Waals surface area (Å²) in [7, 11) is 0. The first-order chi connectivity index (χ1) is 12.9. The Labute approximate surface area is 159 Å². The highest BCUT2D eigenvalue weighted by Crippen LogP contribution is 2.34. The Bertz CT molecular complexity index is 1050. The largest absolute Gasteiger partial charge is 0.507 e. The number of hydrogen-bond acceptors (Lipinski definition) is 3. The van der Waals surface area contributed by atoms with Crippen LogP contribution < -0.4 is 5.32 Å². The van der Waals surface area contributed by atoms with Gasteiger partial charge in [-0.05, 0) is 80.1 Å². The molecule has 0 spiro atoms. The van der Waals surface area contributed by atoms with Gasteiger partial charge in [0.1, 0.15) is 5.75 Å². The number of aromatic nitrogens is 1. The van der Waals surface area contributed by atoms with Gasteiger partial charge in [-0.3, -0.25) is 4.79 Å². The van der Waals surface area contributed by atoms with Crippen molar-refractivity contribution in [2.24, 2.45) is 0 Å². The maximum absolute atomic E-state index is 12.1. The van der Waals surface area contributed by atoms with Crippen LogP contribution in [0.1, 0.15) is 35.1 Å². The third-order valence-corrected chi connectivity index (χ3v) is 5.11. The third kappa shape index (κ3) is 3.65. The highest BCUT2D eigenvalue weighted by molar-refractivity contribution is 5.88. The van der Waals surface area contributed by atoms with E-state index in [9.17, 15) is 9.90 Å². The lowest BCUT2D eigenvalue weighted by molar-refractivity contribution is -0.120. The molecule has 2 N–H and O–H groups in total. The molecule has 0 saturated heterocycles. The summed E-state index contributed by atoms with van der Waals surface area (Å²) in [5, 5.41) is 14.5. The minimum absolute atomic E-state index is 0.0826. The second kappa shape index (κ2) is 6.69. The SMILES string of the molecule is Cc1cc(C)c(O)c(-c2cc(C)c3cc(CC(=O)NC4CC4)ccc3n2)c1. The first kappa shape index (κ1) is 17.5. The van der Waals surface area contributed by atoms with E-state index in [0.717, 1.165) is 57.3 Å². The van der Waals surface area contributed by atoms with Gasteiger partial charge in [-0.15, -0.1) is 0 Å². The van der Waals surface area contributed by atoms with Crippen LogP contribution >= 0.6 is 0 Å². The fraction of sp³-hybridized carbons (Fsp3) is 0.304. The first-order valence-corrected chi connectivity index (χ1v) is 9.41. The van der Waals surface area contributed by atoms with Crippen LogP contribution in [0.3, 0.4) is 0 Å². The molecule has 2 aromatic carbocycles. The number of rotatable bonds is 4. The van der Waals surface area contributed by atoms with Crippen molar-refractivity contribution in [3.05, 3.63) is 58.7 Å². The first-order valence-electron chi connectivity index (χ1n) is 9.41. The van der Waals surface area contributed by atoms with Crippen LogP contribution in [0.5, 0.6) is 5.75 Å². The minimum atomic E-state index is 0.0826. The zero-order chi connectivity index (χ0) is 19.1. The Kier molecular flexibility index (Phi) is 4.34.